The Kier molecular flexibility index (Phi) is 5.67. The van der Waals surface area contributed by atoms with Gasteiger partial charge in [-0.15, -0.1) is 11.3 Å². The highest BCUT2D eigenvalue weighted by molar-refractivity contribution is 7.99. The summed E-state index contributed by atoms with van der Waals surface area (Å²) in [6, 6.07) is 9.91. The van der Waals surface area contributed by atoms with E-state index in [0.29, 0.717) is 11.8 Å². The molecule has 2 heterocycles. The van der Waals surface area contributed by atoms with Gasteiger partial charge in [-0.3, -0.25) is 0 Å². The molecular weight excluding hydrogens is 384 g/mol. The zero-order valence-electron chi connectivity index (χ0n) is 14.7. The molecule has 1 aliphatic rings. The molecule has 1 aromatic carbocycles. The van der Waals surface area contributed by atoms with Gasteiger partial charge in [0, 0.05) is 10.6 Å². The fraction of sp³-hybridized carbons (Fsp3) is 0.400. The lowest BCUT2D eigenvalue weighted by atomic mass is 9.89. The molecule has 1 unspecified atom stereocenters. The molecule has 136 valence electrons. The molecule has 0 radical (unpaired) electrons. The average molecular weight is 405 g/mol. The van der Waals surface area contributed by atoms with Crippen molar-refractivity contribution in [1.82, 2.24) is 9.97 Å². The summed E-state index contributed by atoms with van der Waals surface area (Å²) in [5.74, 6) is 2.58. The monoisotopic (exact) mass is 404 g/mol. The van der Waals surface area contributed by atoms with Crippen LogP contribution in [0.4, 0.5) is 0 Å². The zero-order valence-corrected chi connectivity index (χ0v) is 17.1. The van der Waals surface area contributed by atoms with Crippen molar-refractivity contribution in [2.75, 3.05) is 12.4 Å². The Hall–Kier alpha value is -1.30. The number of hydrogen-bond acceptors (Lipinski definition) is 5. The number of ether oxygens (including phenoxy) is 1. The Morgan fingerprint density at radius 2 is 2.12 bits per heavy atom. The van der Waals surface area contributed by atoms with Gasteiger partial charge in [0.25, 0.3) is 0 Å². The number of hydrogen-bond donors (Lipinski definition) is 0. The SMILES string of the molecule is CC1CCc2c(sc3nc(SCCCOc4ccccc4)nc(Cl)c23)C1. The molecular formula is C20H21ClN2OS2. The minimum atomic E-state index is 0.616. The maximum absolute atomic E-state index is 6.51. The summed E-state index contributed by atoms with van der Waals surface area (Å²) >= 11 is 9.96. The molecule has 0 fully saturated rings. The minimum Gasteiger partial charge on any atom is -0.494 e. The van der Waals surface area contributed by atoms with Crippen LogP contribution in [0.3, 0.4) is 0 Å². The first-order valence-electron chi connectivity index (χ1n) is 8.99. The van der Waals surface area contributed by atoms with Crippen molar-refractivity contribution in [3.8, 4) is 5.75 Å². The van der Waals surface area contributed by atoms with Gasteiger partial charge >= 0.3 is 0 Å². The van der Waals surface area contributed by atoms with Gasteiger partial charge in [-0.25, -0.2) is 9.97 Å². The number of thiophene rings is 1. The van der Waals surface area contributed by atoms with E-state index in [2.05, 4.69) is 11.9 Å². The third kappa shape index (κ3) is 4.00. The molecule has 1 atom stereocenters. The normalized spacial score (nSPS) is 16.6. The molecule has 0 spiro atoms. The zero-order chi connectivity index (χ0) is 17.9. The van der Waals surface area contributed by atoms with Crippen LogP contribution in [-0.4, -0.2) is 22.3 Å². The van der Waals surface area contributed by atoms with Gasteiger partial charge in [-0.1, -0.05) is 48.5 Å². The lowest BCUT2D eigenvalue weighted by Crippen LogP contribution is -2.08. The van der Waals surface area contributed by atoms with E-state index in [1.807, 2.05) is 30.3 Å². The van der Waals surface area contributed by atoms with Crippen LogP contribution >= 0.6 is 34.7 Å². The van der Waals surface area contributed by atoms with Crippen molar-refractivity contribution in [1.29, 1.82) is 0 Å². The molecule has 0 N–H and O–H groups in total. The van der Waals surface area contributed by atoms with Crippen molar-refractivity contribution in [3.63, 3.8) is 0 Å². The number of benzene rings is 1. The molecule has 3 aromatic rings. The highest BCUT2D eigenvalue weighted by atomic mass is 35.5. The first-order chi connectivity index (χ1) is 12.7. The Morgan fingerprint density at radius 1 is 1.27 bits per heavy atom. The summed E-state index contributed by atoms with van der Waals surface area (Å²) in [6.07, 6.45) is 4.42. The second kappa shape index (κ2) is 8.15. The van der Waals surface area contributed by atoms with Crippen LogP contribution in [0.25, 0.3) is 10.2 Å². The van der Waals surface area contributed by atoms with Crippen LogP contribution in [0.15, 0.2) is 35.5 Å². The molecule has 3 nitrogen and oxygen atoms in total. The highest BCUT2D eigenvalue weighted by Gasteiger charge is 2.23. The standard InChI is InChI=1S/C20H21ClN2OS2/c1-13-8-9-15-16(12-13)26-19-17(15)18(21)22-20(23-19)25-11-5-10-24-14-6-3-2-4-7-14/h2-4,6-7,13H,5,8-12H2,1H3. The lowest BCUT2D eigenvalue weighted by Gasteiger charge is -2.17. The maximum Gasteiger partial charge on any atom is 0.190 e. The summed E-state index contributed by atoms with van der Waals surface area (Å²) in [7, 11) is 0. The van der Waals surface area contributed by atoms with Crippen LogP contribution in [0, 0.1) is 5.92 Å². The van der Waals surface area contributed by atoms with Gasteiger partial charge in [0.05, 0.1) is 12.0 Å². The second-order valence-electron chi connectivity index (χ2n) is 6.69. The fourth-order valence-electron chi connectivity index (χ4n) is 3.27. The van der Waals surface area contributed by atoms with Crippen molar-refractivity contribution < 1.29 is 4.74 Å². The van der Waals surface area contributed by atoms with E-state index < -0.39 is 0 Å². The van der Waals surface area contributed by atoms with E-state index in [1.165, 1.54) is 16.9 Å². The third-order valence-corrected chi connectivity index (χ3v) is 6.98. The van der Waals surface area contributed by atoms with E-state index in [0.717, 1.165) is 52.1 Å². The van der Waals surface area contributed by atoms with Gasteiger partial charge < -0.3 is 4.74 Å². The van der Waals surface area contributed by atoms with Gasteiger partial charge in [0.1, 0.15) is 15.7 Å². The van der Waals surface area contributed by atoms with E-state index in [4.69, 9.17) is 21.3 Å². The van der Waals surface area contributed by atoms with Gasteiger partial charge in [-0.2, -0.15) is 0 Å². The molecule has 6 heteroatoms. The molecule has 0 amide bonds. The van der Waals surface area contributed by atoms with Crippen molar-refractivity contribution in [2.24, 2.45) is 5.92 Å². The summed E-state index contributed by atoms with van der Waals surface area (Å²) < 4.78 is 5.72. The summed E-state index contributed by atoms with van der Waals surface area (Å²) in [6.45, 7) is 3.01. The molecule has 2 aromatic heterocycles. The number of halogens is 1. The molecule has 1 aliphatic carbocycles. The quantitative estimate of drug-likeness (QED) is 0.217. The van der Waals surface area contributed by atoms with Crippen LogP contribution in [0.5, 0.6) is 5.75 Å². The molecule has 4 rings (SSSR count). The molecule has 0 aliphatic heterocycles. The number of para-hydroxylation sites is 1. The molecule has 26 heavy (non-hydrogen) atoms. The van der Waals surface area contributed by atoms with E-state index >= 15 is 0 Å². The number of fused-ring (bicyclic) bond motifs is 3. The van der Waals surface area contributed by atoms with Gasteiger partial charge in [-0.05, 0) is 49.3 Å². The number of aromatic nitrogens is 2. The predicted octanol–water partition coefficient (Wildman–Crippen LogP) is 6.03. The van der Waals surface area contributed by atoms with E-state index in [1.54, 1.807) is 23.1 Å². The van der Waals surface area contributed by atoms with E-state index in [-0.39, 0.29) is 0 Å². The second-order valence-corrected chi connectivity index (χ2v) is 9.20. The fourth-order valence-corrected chi connectivity index (χ4v) is 5.86. The Balaban J connectivity index is 1.38. The number of aryl methyl sites for hydroxylation is 1. The number of rotatable bonds is 6. The average Bonchev–Trinajstić information content (AvgIpc) is 3.00. The van der Waals surface area contributed by atoms with Gasteiger partial charge in [0.15, 0.2) is 5.16 Å². The Bertz CT molecular complexity index is 898. The summed E-state index contributed by atoms with van der Waals surface area (Å²) in [5.41, 5.74) is 1.39. The van der Waals surface area contributed by atoms with Crippen molar-refractivity contribution >= 4 is 44.9 Å². The van der Waals surface area contributed by atoms with Crippen LogP contribution in [0.1, 0.15) is 30.2 Å². The number of thioether (sulfide) groups is 1. The Morgan fingerprint density at radius 3 is 2.96 bits per heavy atom. The molecule has 0 saturated heterocycles. The summed E-state index contributed by atoms with van der Waals surface area (Å²) in [4.78, 5) is 11.8. The topological polar surface area (TPSA) is 35.0 Å². The predicted molar refractivity (Wildman–Crippen MR) is 111 cm³/mol. The van der Waals surface area contributed by atoms with E-state index in [9.17, 15) is 0 Å². The van der Waals surface area contributed by atoms with Crippen LogP contribution < -0.4 is 4.74 Å². The molecule has 0 bridgehead atoms. The minimum absolute atomic E-state index is 0.616. The summed E-state index contributed by atoms with van der Waals surface area (Å²) in [5, 5.41) is 2.48. The first-order valence-corrected chi connectivity index (χ1v) is 11.2. The largest absolute Gasteiger partial charge is 0.494 e. The van der Waals surface area contributed by atoms with Crippen molar-refractivity contribution in [2.45, 2.75) is 37.8 Å². The van der Waals surface area contributed by atoms with Crippen LogP contribution in [0.2, 0.25) is 5.15 Å². The highest BCUT2D eigenvalue weighted by Crippen LogP contribution is 2.40. The van der Waals surface area contributed by atoms with Crippen LogP contribution in [-0.2, 0) is 12.8 Å². The third-order valence-electron chi connectivity index (χ3n) is 4.62. The van der Waals surface area contributed by atoms with Crippen molar-refractivity contribution in [3.05, 3.63) is 45.9 Å². The van der Waals surface area contributed by atoms with Gasteiger partial charge in [0.2, 0.25) is 0 Å². The Labute approximate surface area is 167 Å². The lowest BCUT2D eigenvalue weighted by molar-refractivity contribution is 0.318. The smallest absolute Gasteiger partial charge is 0.190 e. The maximum atomic E-state index is 6.51. The molecule has 0 saturated carbocycles. The first kappa shape index (κ1) is 18.1. The number of nitrogens with zero attached hydrogens (tertiary/aromatic N) is 2.